The summed E-state index contributed by atoms with van der Waals surface area (Å²) < 4.78 is 62.5. The van der Waals surface area contributed by atoms with E-state index in [1.54, 1.807) is 6.55 Å². The first-order chi connectivity index (χ1) is 10.5. The van der Waals surface area contributed by atoms with Crippen LogP contribution in [0.1, 0.15) is 6.42 Å². The molecule has 0 aliphatic carbocycles. The Kier molecular flexibility index (Phi) is 9.35. The fourth-order valence-electron chi connectivity index (χ4n) is 2.56. The second-order valence-electron chi connectivity index (χ2n) is 7.27. The lowest BCUT2D eigenvalue weighted by Gasteiger charge is -2.41. The molecule has 0 aliphatic heterocycles. The van der Waals surface area contributed by atoms with Gasteiger partial charge in [-0.05, 0) is 65.0 Å². The summed E-state index contributed by atoms with van der Waals surface area (Å²) in [7, 11) is -10.2. The molecule has 24 heavy (non-hydrogen) atoms. The lowest BCUT2D eigenvalue weighted by molar-refractivity contribution is -0.131. The Morgan fingerprint density at radius 1 is 0.750 bits per heavy atom. The Bertz CT molecular complexity index is 367. The van der Waals surface area contributed by atoms with E-state index in [-0.39, 0.29) is 6.04 Å². The van der Waals surface area contributed by atoms with Gasteiger partial charge in [-0.15, -0.1) is 0 Å². The average molecular weight is 437 g/mol. The Labute approximate surface area is 151 Å². The van der Waals surface area contributed by atoms with Crippen molar-refractivity contribution in [2.75, 3.05) is 0 Å². The topological polar surface area (TPSA) is 36.9 Å². The standard InChI is InChI=1S/C12H31F3O4Si5/c1-20(2)16-22(5,6)18-24(9,11-10-12(13,14)15)19-23(7,8)17-21(3)4/h10-11H2,1-9H3. The van der Waals surface area contributed by atoms with Crippen LogP contribution in [0.2, 0.25) is 65.0 Å². The Morgan fingerprint density at radius 2 is 1.08 bits per heavy atom. The smallest absolute Gasteiger partial charge is 0.389 e. The van der Waals surface area contributed by atoms with Crippen LogP contribution in [0.25, 0.3) is 0 Å². The zero-order valence-corrected chi connectivity index (χ0v) is 21.2. The van der Waals surface area contributed by atoms with Gasteiger partial charge in [0.2, 0.25) is 0 Å². The molecular formula is C12H31F3O4Si5. The lowest BCUT2D eigenvalue weighted by Crippen LogP contribution is -2.57. The molecule has 0 rings (SSSR count). The van der Waals surface area contributed by atoms with Gasteiger partial charge in [0.1, 0.15) is 0 Å². The molecule has 0 heterocycles. The molecule has 12 heteroatoms. The van der Waals surface area contributed by atoms with Gasteiger partial charge in [0.05, 0.1) is 0 Å². The predicted molar refractivity (Wildman–Crippen MR) is 101 cm³/mol. The number of rotatable bonds is 10. The molecule has 2 radical (unpaired) electrons. The minimum atomic E-state index is -4.23. The summed E-state index contributed by atoms with van der Waals surface area (Å²) in [6.45, 7) is 17.2. The maximum atomic E-state index is 12.8. The molecule has 0 bridgehead atoms. The van der Waals surface area contributed by atoms with Crippen molar-refractivity contribution in [3.63, 3.8) is 0 Å². The maximum Gasteiger partial charge on any atom is 0.389 e. The highest BCUT2D eigenvalue weighted by molar-refractivity contribution is 6.87. The summed E-state index contributed by atoms with van der Waals surface area (Å²) in [4.78, 5) is 0. The van der Waals surface area contributed by atoms with Crippen molar-refractivity contribution in [3.8, 4) is 0 Å². The van der Waals surface area contributed by atoms with E-state index in [0.29, 0.717) is 0 Å². The van der Waals surface area contributed by atoms with Crippen LogP contribution in [-0.4, -0.2) is 49.9 Å². The van der Waals surface area contributed by atoms with Gasteiger partial charge in [-0.3, -0.25) is 0 Å². The van der Waals surface area contributed by atoms with E-state index in [1.807, 2.05) is 52.4 Å². The van der Waals surface area contributed by atoms with Gasteiger partial charge in [0.15, 0.2) is 18.1 Å². The van der Waals surface area contributed by atoms with E-state index < -0.39 is 56.4 Å². The second-order valence-corrected chi connectivity index (χ2v) is 22.5. The molecule has 0 spiro atoms. The molecule has 0 aromatic carbocycles. The fourth-order valence-corrected chi connectivity index (χ4v) is 21.9. The predicted octanol–water partition coefficient (Wildman–Crippen LogP) is 4.98. The monoisotopic (exact) mass is 436 g/mol. The van der Waals surface area contributed by atoms with Gasteiger partial charge in [0.25, 0.3) is 0 Å². The summed E-state index contributed by atoms with van der Waals surface area (Å²) in [5.74, 6) is 0. The van der Waals surface area contributed by atoms with Crippen molar-refractivity contribution in [1.29, 1.82) is 0 Å². The van der Waals surface area contributed by atoms with Crippen molar-refractivity contribution in [2.45, 2.75) is 77.6 Å². The van der Waals surface area contributed by atoms with Crippen LogP contribution in [0.5, 0.6) is 0 Å². The number of alkyl halides is 3. The average Bonchev–Trinajstić information content (AvgIpc) is 2.19. The van der Waals surface area contributed by atoms with Crippen LogP contribution in [0, 0.1) is 0 Å². The summed E-state index contributed by atoms with van der Waals surface area (Å²) in [6.07, 6.45) is -5.13. The zero-order chi connectivity index (χ0) is 19.4. The first-order valence-corrected chi connectivity index (χ1v) is 20.9. The molecule has 0 saturated carbocycles. The fraction of sp³-hybridized carbons (Fsp3) is 1.00. The van der Waals surface area contributed by atoms with E-state index in [1.165, 1.54) is 0 Å². The third-order valence-electron chi connectivity index (χ3n) is 2.69. The van der Waals surface area contributed by atoms with E-state index in [2.05, 4.69) is 0 Å². The van der Waals surface area contributed by atoms with Crippen LogP contribution >= 0.6 is 0 Å². The van der Waals surface area contributed by atoms with Crippen molar-refractivity contribution >= 4 is 43.8 Å². The highest BCUT2D eigenvalue weighted by atomic mass is 28.5. The minimum absolute atomic E-state index is 0.138. The van der Waals surface area contributed by atoms with Crippen LogP contribution < -0.4 is 0 Å². The quantitative estimate of drug-likeness (QED) is 0.452. The summed E-state index contributed by atoms with van der Waals surface area (Å²) in [6, 6.07) is -0.138. The third kappa shape index (κ3) is 12.1. The van der Waals surface area contributed by atoms with Gasteiger partial charge in [-0.25, -0.2) is 0 Å². The van der Waals surface area contributed by atoms with Crippen LogP contribution in [0.4, 0.5) is 13.2 Å². The van der Waals surface area contributed by atoms with Crippen molar-refractivity contribution in [3.05, 3.63) is 0 Å². The van der Waals surface area contributed by atoms with Crippen LogP contribution in [-0.2, 0) is 16.5 Å². The highest BCUT2D eigenvalue weighted by Gasteiger charge is 2.47. The van der Waals surface area contributed by atoms with E-state index in [9.17, 15) is 13.2 Å². The summed E-state index contributed by atoms with van der Waals surface area (Å²) in [5, 5.41) is 0. The number of hydrogen-bond acceptors (Lipinski definition) is 4. The van der Waals surface area contributed by atoms with Gasteiger partial charge in [-0.2, -0.15) is 13.2 Å². The summed E-state index contributed by atoms with van der Waals surface area (Å²) in [5.41, 5.74) is 0. The molecule has 0 unspecified atom stereocenters. The van der Waals surface area contributed by atoms with E-state index in [4.69, 9.17) is 16.5 Å². The molecule has 0 atom stereocenters. The third-order valence-corrected chi connectivity index (χ3v) is 18.4. The van der Waals surface area contributed by atoms with Crippen LogP contribution in [0.15, 0.2) is 0 Å². The second kappa shape index (κ2) is 9.08. The molecule has 0 aliphatic rings. The van der Waals surface area contributed by atoms with Crippen molar-refractivity contribution in [2.24, 2.45) is 0 Å². The molecular weight excluding hydrogens is 406 g/mol. The number of hydrogen-bond donors (Lipinski definition) is 0. The Hall–Kier alpha value is 0.714. The van der Waals surface area contributed by atoms with Gasteiger partial charge < -0.3 is 16.5 Å². The molecule has 0 N–H and O–H groups in total. The Morgan fingerprint density at radius 3 is 1.33 bits per heavy atom. The Balaban J connectivity index is 5.28. The zero-order valence-electron chi connectivity index (χ0n) is 16.2. The van der Waals surface area contributed by atoms with Gasteiger partial charge in [0, 0.05) is 6.42 Å². The SMILES string of the molecule is C[Si](C)O[Si](C)(C)O[Si](C)(CCC(F)(F)F)O[Si](C)(C)O[Si](C)C. The van der Waals surface area contributed by atoms with Gasteiger partial charge >= 0.3 is 31.9 Å². The summed E-state index contributed by atoms with van der Waals surface area (Å²) >= 11 is 0. The molecule has 0 amide bonds. The van der Waals surface area contributed by atoms with Gasteiger partial charge in [-0.1, -0.05) is 0 Å². The molecule has 4 nitrogen and oxygen atoms in total. The lowest BCUT2D eigenvalue weighted by atomic mass is 10.5. The largest absolute Gasteiger partial charge is 0.437 e. The maximum absolute atomic E-state index is 12.8. The molecule has 0 saturated heterocycles. The normalized spacial score (nSPS) is 14.8. The molecule has 0 fully saturated rings. The first kappa shape index (κ1) is 24.7. The minimum Gasteiger partial charge on any atom is -0.437 e. The molecule has 0 aromatic heterocycles. The van der Waals surface area contributed by atoms with Crippen LogP contribution in [0.3, 0.4) is 0 Å². The van der Waals surface area contributed by atoms with E-state index >= 15 is 0 Å². The molecule has 0 aromatic rings. The molecule has 144 valence electrons. The highest BCUT2D eigenvalue weighted by Crippen LogP contribution is 2.31. The first-order valence-electron chi connectivity index (χ1n) is 7.91. The van der Waals surface area contributed by atoms with Crippen molar-refractivity contribution < 1.29 is 29.6 Å². The van der Waals surface area contributed by atoms with Crippen molar-refractivity contribution in [1.82, 2.24) is 0 Å². The number of halogens is 3. The van der Waals surface area contributed by atoms with E-state index in [0.717, 1.165) is 0 Å².